The molecule has 0 aliphatic carbocycles. The molecule has 0 bridgehead atoms. The number of hydrogen-bond acceptors (Lipinski definition) is 6. The van der Waals surface area contributed by atoms with E-state index in [1.807, 2.05) is 0 Å². The first kappa shape index (κ1) is 19.1. The third-order valence-electron chi connectivity index (χ3n) is 2.04. The topological polar surface area (TPSA) is 173 Å². The molecule has 0 saturated carbocycles. The molecule has 0 fully saturated rings. The predicted molar refractivity (Wildman–Crippen MR) is 65.8 cm³/mol. The van der Waals surface area contributed by atoms with Crippen molar-refractivity contribution in [2.75, 3.05) is 13.2 Å². The number of carbonyl (C=O) groups is 2. The Labute approximate surface area is 106 Å². The van der Waals surface area contributed by atoms with Crippen molar-refractivity contribution in [3.63, 3.8) is 0 Å². The van der Waals surface area contributed by atoms with Gasteiger partial charge in [-0.1, -0.05) is 6.42 Å². The van der Waals surface area contributed by atoms with Gasteiger partial charge in [-0.3, -0.25) is 9.59 Å². The van der Waals surface area contributed by atoms with E-state index in [1.165, 1.54) is 0 Å². The summed E-state index contributed by atoms with van der Waals surface area (Å²) < 4.78 is 0. The van der Waals surface area contributed by atoms with Crippen LogP contribution < -0.4 is 17.2 Å². The number of rotatable bonds is 8. The molecule has 8 heteroatoms. The molecule has 18 heavy (non-hydrogen) atoms. The molecule has 0 aliphatic rings. The molecular formula is C10H23N3O5. The zero-order valence-electron chi connectivity index (χ0n) is 10.3. The van der Waals surface area contributed by atoms with Crippen molar-refractivity contribution < 1.29 is 24.9 Å². The van der Waals surface area contributed by atoms with Gasteiger partial charge >= 0.3 is 11.9 Å². The molecule has 1 unspecified atom stereocenters. The first-order valence-electron chi connectivity index (χ1n) is 5.64. The highest BCUT2D eigenvalue weighted by Gasteiger charge is 2.09. The Morgan fingerprint density at radius 2 is 1.39 bits per heavy atom. The van der Waals surface area contributed by atoms with E-state index in [1.54, 1.807) is 0 Å². The van der Waals surface area contributed by atoms with E-state index in [9.17, 15) is 9.59 Å². The lowest BCUT2D eigenvalue weighted by Gasteiger charge is -2.03. The van der Waals surface area contributed by atoms with E-state index in [0.29, 0.717) is 13.0 Å². The van der Waals surface area contributed by atoms with Crippen LogP contribution in [0.3, 0.4) is 0 Å². The summed E-state index contributed by atoms with van der Waals surface area (Å²) in [6, 6.07) is -1.63. The van der Waals surface area contributed by atoms with Crippen molar-refractivity contribution in [2.45, 2.75) is 37.8 Å². The molecule has 0 heterocycles. The molecule has 0 aromatic heterocycles. The van der Waals surface area contributed by atoms with Gasteiger partial charge in [0.2, 0.25) is 0 Å². The van der Waals surface area contributed by atoms with Crippen molar-refractivity contribution >= 4 is 11.9 Å². The number of hydrogen-bond donors (Lipinski definition) is 6. The maximum Gasteiger partial charge on any atom is 0.320 e. The third-order valence-corrected chi connectivity index (χ3v) is 2.04. The number of aliphatic hydroxyl groups excluding tert-OH is 1. The molecule has 9 N–H and O–H groups in total. The quantitative estimate of drug-likeness (QED) is 0.282. The summed E-state index contributed by atoms with van der Waals surface area (Å²) in [4.78, 5) is 20.0. The predicted octanol–water partition coefficient (Wildman–Crippen LogP) is -1.69. The minimum Gasteiger partial charge on any atom is -0.480 e. The minimum absolute atomic E-state index is 0.120. The SMILES string of the molecule is NC(CCO)C(=O)O.NCCCC[C@H](N)C(=O)O. The van der Waals surface area contributed by atoms with E-state index in [4.69, 9.17) is 32.5 Å². The zero-order valence-corrected chi connectivity index (χ0v) is 10.3. The van der Waals surface area contributed by atoms with Gasteiger partial charge in [0.05, 0.1) is 0 Å². The lowest BCUT2D eigenvalue weighted by molar-refractivity contribution is -0.139. The molecule has 108 valence electrons. The number of aliphatic hydroxyl groups is 1. The van der Waals surface area contributed by atoms with Crippen LogP contribution in [0.15, 0.2) is 0 Å². The van der Waals surface area contributed by atoms with Crippen LogP contribution in [-0.4, -0.2) is 52.5 Å². The number of unbranched alkanes of at least 4 members (excludes halogenated alkanes) is 1. The van der Waals surface area contributed by atoms with Gasteiger partial charge < -0.3 is 32.5 Å². The fraction of sp³-hybridized carbons (Fsp3) is 0.800. The smallest absolute Gasteiger partial charge is 0.320 e. The van der Waals surface area contributed by atoms with Gasteiger partial charge in [0.25, 0.3) is 0 Å². The average Bonchev–Trinajstić information content (AvgIpc) is 2.30. The molecule has 0 aromatic carbocycles. The van der Waals surface area contributed by atoms with Crippen molar-refractivity contribution in [2.24, 2.45) is 17.2 Å². The largest absolute Gasteiger partial charge is 0.480 e. The van der Waals surface area contributed by atoms with Crippen LogP contribution in [-0.2, 0) is 9.59 Å². The fourth-order valence-electron chi connectivity index (χ4n) is 0.895. The molecule has 0 spiro atoms. The third kappa shape index (κ3) is 12.8. The number of carboxylic acids is 2. The lowest BCUT2D eigenvalue weighted by Crippen LogP contribution is -2.30. The number of aliphatic carboxylic acids is 2. The van der Waals surface area contributed by atoms with Crippen LogP contribution in [0.2, 0.25) is 0 Å². The Kier molecular flexibility index (Phi) is 13.0. The standard InChI is InChI=1S/C6H14N2O2.C4H9NO3/c7-4-2-1-3-5(8)6(9)10;5-3(1-2-6)4(7)8/h5H,1-4,7-8H2,(H,9,10);3,6H,1-2,5H2,(H,7,8)/t5-;/m0./s1. The van der Waals surface area contributed by atoms with Crippen molar-refractivity contribution in [3.8, 4) is 0 Å². The van der Waals surface area contributed by atoms with Crippen LogP contribution in [0.4, 0.5) is 0 Å². The second-order valence-corrected chi connectivity index (χ2v) is 3.69. The Morgan fingerprint density at radius 3 is 1.67 bits per heavy atom. The molecule has 0 radical (unpaired) electrons. The van der Waals surface area contributed by atoms with E-state index in [2.05, 4.69) is 0 Å². The molecule has 0 amide bonds. The summed E-state index contributed by atoms with van der Waals surface area (Å²) in [7, 11) is 0. The molecule has 0 aliphatic heterocycles. The Morgan fingerprint density at radius 1 is 0.944 bits per heavy atom. The highest BCUT2D eigenvalue weighted by Crippen LogP contribution is 1.96. The monoisotopic (exact) mass is 265 g/mol. The summed E-state index contributed by atoms with van der Waals surface area (Å²) in [5.74, 6) is -2.00. The van der Waals surface area contributed by atoms with E-state index in [0.717, 1.165) is 12.8 Å². The zero-order chi connectivity index (χ0) is 14.6. The molecule has 0 aromatic rings. The molecular weight excluding hydrogens is 242 g/mol. The van der Waals surface area contributed by atoms with Crippen molar-refractivity contribution in [1.29, 1.82) is 0 Å². The van der Waals surface area contributed by atoms with E-state index < -0.39 is 24.0 Å². The first-order chi connectivity index (χ1) is 8.36. The molecule has 8 nitrogen and oxygen atoms in total. The van der Waals surface area contributed by atoms with Gasteiger partial charge in [-0.15, -0.1) is 0 Å². The van der Waals surface area contributed by atoms with Crippen LogP contribution in [0, 0.1) is 0 Å². The van der Waals surface area contributed by atoms with Crippen LogP contribution in [0.5, 0.6) is 0 Å². The highest BCUT2D eigenvalue weighted by atomic mass is 16.4. The fourth-order valence-corrected chi connectivity index (χ4v) is 0.895. The molecule has 0 saturated heterocycles. The Bertz CT molecular complexity index is 238. The van der Waals surface area contributed by atoms with E-state index in [-0.39, 0.29) is 13.0 Å². The van der Waals surface area contributed by atoms with Gasteiger partial charge in [0.1, 0.15) is 12.1 Å². The second kappa shape index (κ2) is 12.2. The van der Waals surface area contributed by atoms with E-state index >= 15 is 0 Å². The number of nitrogens with two attached hydrogens (primary N) is 3. The second-order valence-electron chi connectivity index (χ2n) is 3.69. The van der Waals surface area contributed by atoms with Gasteiger partial charge in [0, 0.05) is 6.61 Å². The lowest BCUT2D eigenvalue weighted by atomic mass is 10.1. The van der Waals surface area contributed by atoms with Gasteiger partial charge in [0.15, 0.2) is 0 Å². The summed E-state index contributed by atoms with van der Waals surface area (Å²) in [6.45, 7) is 0.430. The Hall–Kier alpha value is -1.22. The van der Waals surface area contributed by atoms with Crippen molar-refractivity contribution in [3.05, 3.63) is 0 Å². The maximum atomic E-state index is 10.1. The van der Waals surface area contributed by atoms with Crippen LogP contribution in [0.25, 0.3) is 0 Å². The summed E-state index contributed by atoms with van der Waals surface area (Å²) in [5, 5.41) is 24.5. The van der Waals surface area contributed by atoms with Crippen LogP contribution in [0.1, 0.15) is 25.7 Å². The molecule has 2 atom stereocenters. The Balaban J connectivity index is 0. The summed E-state index contributed by atoms with van der Waals surface area (Å²) in [6.07, 6.45) is 2.28. The maximum absolute atomic E-state index is 10.1. The molecule has 0 rings (SSSR count). The number of carboxylic acid groups (broad SMARTS) is 2. The average molecular weight is 265 g/mol. The summed E-state index contributed by atoms with van der Waals surface area (Å²) >= 11 is 0. The van der Waals surface area contributed by atoms with Gasteiger partial charge in [-0.05, 0) is 25.8 Å². The minimum atomic E-state index is -1.07. The van der Waals surface area contributed by atoms with Crippen molar-refractivity contribution in [1.82, 2.24) is 0 Å². The van der Waals surface area contributed by atoms with Gasteiger partial charge in [-0.25, -0.2) is 0 Å². The normalized spacial score (nSPS) is 13.1. The summed E-state index contributed by atoms with van der Waals surface area (Å²) in [5.41, 5.74) is 15.4. The van der Waals surface area contributed by atoms with Crippen LogP contribution >= 0.6 is 0 Å². The first-order valence-corrected chi connectivity index (χ1v) is 5.64. The van der Waals surface area contributed by atoms with Gasteiger partial charge in [-0.2, -0.15) is 0 Å². The highest BCUT2D eigenvalue weighted by molar-refractivity contribution is 5.73.